The summed E-state index contributed by atoms with van der Waals surface area (Å²) < 4.78 is 5.22. The van der Waals surface area contributed by atoms with E-state index in [1.807, 2.05) is 36.4 Å². The molecule has 26 heavy (non-hydrogen) atoms. The van der Waals surface area contributed by atoms with Gasteiger partial charge in [0.1, 0.15) is 11.4 Å². The number of nitrogens with zero attached hydrogens (tertiary/aromatic N) is 1. The quantitative estimate of drug-likeness (QED) is 0.759. The summed E-state index contributed by atoms with van der Waals surface area (Å²) in [5, 5.41) is 11.1. The highest BCUT2D eigenvalue weighted by atomic mass is 16.5. The zero-order valence-electron chi connectivity index (χ0n) is 14.9. The van der Waals surface area contributed by atoms with Crippen molar-refractivity contribution in [3.63, 3.8) is 0 Å². The average molecular weight is 345 g/mol. The normalized spacial score (nSPS) is 16.3. The lowest BCUT2D eigenvalue weighted by Gasteiger charge is -2.50. The van der Waals surface area contributed by atoms with Crippen LogP contribution in [0.1, 0.15) is 22.7 Å². The molecule has 0 aliphatic carbocycles. The minimum Gasteiger partial charge on any atom is -0.497 e. The van der Waals surface area contributed by atoms with E-state index < -0.39 is 5.60 Å². The molecule has 3 nitrogen and oxygen atoms in total. The Balaban J connectivity index is 1.59. The summed E-state index contributed by atoms with van der Waals surface area (Å²) in [4.78, 5) is 2.33. The lowest BCUT2D eigenvalue weighted by Crippen LogP contribution is -2.60. The maximum Gasteiger partial charge on any atom is 0.118 e. The summed E-state index contributed by atoms with van der Waals surface area (Å²) in [6.07, 6.45) is 0. The van der Waals surface area contributed by atoms with E-state index in [0.717, 1.165) is 11.3 Å². The van der Waals surface area contributed by atoms with Crippen molar-refractivity contribution in [2.24, 2.45) is 0 Å². The van der Waals surface area contributed by atoms with E-state index in [2.05, 4.69) is 53.4 Å². The van der Waals surface area contributed by atoms with E-state index in [-0.39, 0.29) is 6.04 Å². The Kier molecular flexibility index (Phi) is 4.49. The third-order valence-electron chi connectivity index (χ3n) is 5.15. The Morgan fingerprint density at radius 1 is 0.808 bits per heavy atom. The molecule has 3 heteroatoms. The third kappa shape index (κ3) is 3.12. The molecule has 4 rings (SSSR count). The molecule has 0 atom stereocenters. The molecule has 0 radical (unpaired) electrons. The maximum absolute atomic E-state index is 11.1. The van der Waals surface area contributed by atoms with Crippen LogP contribution < -0.4 is 4.74 Å². The van der Waals surface area contributed by atoms with Crippen LogP contribution in [0.15, 0.2) is 84.9 Å². The molecule has 0 saturated carbocycles. The van der Waals surface area contributed by atoms with Crippen molar-refractivity contribution < 1.29 is 9.84 Å². The van der Waals surface area contributed by atoms with Crippen molar-refractivity contribution >= 4 is 0 Å². The van der Waals surface area contributed by atoms with Gasteiger partial charge < -0.3 is 9.84 Å². The molecule has 1 saturated heterocycles. The number of hydrogen-bond acceptors (Lipinski definition) is 3. The standard InChI is InChI=1S/C23H23NO2/c1-26-21-14-12-20(13-15-21)23(25)16-24(17-23)22(18-8-4-2-5-9-18)19-10-6-3-7-11-19/h2-15,22,25H,16-17H2,1H3. The first kappa shape index (κ1) is 16.8. The lowest BCUT2D eigenvalue weighted by molar-refractivity contribution is -0.116. The van der Waals surface area contributed by atoms with Gasteiger partial charge in [0.05, 0.1) is 13.2 Å². The molecular formula is C23H23NO2. The van der Waals surface area contributed by atoms with Crippen molar-refractivity contribution in [2.45, 2.75) is 11.6 Å². The van der Waals surface area contributed by atoms with Gasteiger partial charge in [-0.25, -0.2) is 0 Å². The van der Waals surface area contributed by atoms with E-state index in [0.29, 0.717) is 13.1 Å². The topological polar surface area (TPSA) is 32.7 Å². The molecule has 0 aromatic heterocycles. The Morgan fingerprint density at radius 2 is 1.31 bits per heavy atom. The number of methoxy groups -OCH3 is 1. The van der Waals surface area contributed by atoms with Gasteiger partial charge in [0.15, 0.2) is 0 Å². The Labute approximate surface area is 154 Å². The average Bonchev–Trinajstić information content (AvgIpc) is 2.68. The molecule has 1 heterocycles. The van der Waals surface area contributed by atoms with Crippen LogP contribution in [0.2, 0.25) is 0 Å². The molecule has 3 aromatic rings. The smallest absolute Gasteiger partial charge is 0.118 e. The molecule has 0 unspecified atom stereocenters. The molecular weight excluding hydrogens is 322 g/mol. The first-order valence-electron chi connectivity index (χ1n) is 8.90. The Morgan fingerprint density at radius 3 is 1.77 bits per heavy atom. The SMILES string of the molecule is COc1ccc(C2(O)CN(C(c3ccccc3)c3ccccc3)C2)cc1. The molecule has 1 fully saturated rings. The summed E-state index contributed by atoms with van der Waals surface area (Å²) in [6.45, 7) is 1.21. The van der Waals surface area contributed by atoms with Gasteiger partial charge in [-0.3, -0.25) is 4.90 Å². The van der Waals surface area contributed by atoms with E-state index >= 15 is 0 Å². The van der Waals surface area contributed by atoms with Crippen LogP contribution in [0.4, 0.5) is 0 Å². The fourth-order valence-corrected chi connectivity index (χ4v) is 3.78. The van der Waals surface area contributed by atoms with Gasteiger partial charge in [-0.2, -0.15) is 0 Å². The number of hydrogen-bond donors (Lipinski definition) is 1. The predicted molar refractivity (Wildman–Crippen MR) is 103 cm³/mol. The number of aliphatic hydroxyl groups is 1. The molecule has 132 valence electrons. The van der Waals surface area contributed by atoms with E-state index in [9.17, 15) is 5.11 Å². The molecule has 1 aliphatic heterocycles. The number of ether oxygens (including phenoxy) is 1. The van der Waals surface area contributed by atoms with Crippen molar-refractivity contribution in [1.82, 2.24) is 4.90 Å². The summed E-state index contributed by atoms with van der Waals surface area (Å²) in [5.41, 5.74) is 2.62. The molecule has 0 spiro atoms. The van der Waals surface area contributed by atoms with Crippen LogP contribution in [0.5, 0.6) is 5.75 Å². The predicted octanol–water partition coefficient (Wildman–Crippen LogP) is 3.99. The highest BCUT2D eigenvalue weighted by Crippen LogP contribution is 2.40. The second kappa shape index (κ2) is 6.94. The second-order valence-electron chi connectivity index (χ2n) is 6.89. The number of likely N-dealkylation sites (tertiary alicyclic amines) is 1. The minimum atomic E-state index is -0.811. The van der Waals surface area contributed by atoms with Crippen LogP contribution in [0.25, 0.3) is 0 Å². The minimum absolute atomic E-state index is 0.149. The van der Waals surface area contributed by atoms with Crippen LogP contribution in [0.3, 0.4) is 0 Å². The number of β-amino-alcohol motifs (C(OH)–C–C–N with tert-alkyl or cyclic N) is 1. The lowest BCUT2D eigenvalue weighted by atomic mass is 9.82. The number of rotatable bonds is 5. The highest BCUT2D eigenvalue weighted by molar-refractivity contribution is 5.36. The summed E-state index contributed by atoms with van der Waals surface area (Å²) in [7, 11) is 1.65. The zero-order chi connectivity index (χ0) is 18.0. The van der Waals surface area contributed by atoms with Gasteiger partial charge in [-0.1, -0.05) is 72.8 Å². The van der Waals surface area contributed by atoms with E-state index in [4.69, 9.17) is 4.74 Å². The van der Waals surface area contributed by atoms with Gasteiger partial charge in [-0.15, -0.1) is 0 Å². The van der Waals surface area contributed by atoms with Gasteiger partial charge >= 0.3 is 0 Å². The highest BCUT2D eigenvalue weighted by Gasteiger charge is 2.46. The van der Waals surface area contributed by atoms with E-state index in [1.165, 1.54) is 11.1 Å². The first-order valence-corrected chi connectivity index (χ1v) is 8.90. The Hall–Kier alpha value is -2.62. The summed E-state index contributed by atoms with van der Waals surface area (Å²) >= 11 is 0. The van der Waals surface area contributed by atoms with Crippen LogP contribution in [-0.2, 0) is 5.60 Å². The fourth-order valence-electron chi connectivity index (χ4n) is 3.78. The van der Waals surface area contributed by atoms with Gasteiger partial charge in [-0.05, 0) is 28.8 Å². The molecule has 0 amide bonds. The third-order valence-corrected chi connectivity index (χ3v) is 5.15. The molecule has 1 aliphatic rings. The van der Waals surface area contributed by atoms with Gasteiger partial charge in [0.2, 0.25) is 0 Å². The van der Waals surface area contributed by atoms with Crippen LogP contribution in [0, 0.1) is 0 Å². The van der Waals surface area contributed by atoms with Crippen molar-refractivity contribution in [3.05, 3.63) is 102 Å². The van der Waals surface area contributed by atoms with Crippen LogP contribution in [-0.4, -0.2) is 30.2 Å². The van der Waals surface area contributed by atoms with Crippen molar-refractivity contribution in [2.75, 3.05) is 20.2 Å². The largest absolute Gasteiger partial charge is 0.497 e. The number of benzene rings is 3. The van der Waals surface area contributed by atoms with Crippen molar-refractivity contribution in [1.29, 1.82) is 0 Å². The Bertz CT molecular complexity index is 801. The van der Waals surface area contributed by atoms with Gasteiger partial charge in [0, 0.05) is 13.1 Å². The summed E-state index contributed by atoms with van der Waals surface area (Å²) in [5.74, 6) is 0.806. The summed E-state index contributed by atoms with van der Waals surface area (Å²) in [6, 6.07) is 28.8. The maximum atomic E-state index is 11.1. The van der Waals surface area contributed by atoms with Gasteiger partial charge in [0.25, 0.3) is 0 Å². The first-order chi connectivity index (χ1) is 12.7. The molecule has 0 bridgehead atoms. The second-order valence-corrected chi connectivity index (χ2v) is 6.89. The van der Waals surface area contributed by atoms with E-state index in [1.54, 1.807) is 7.11 Å². The monoisotopic (exact) mass is 345 g/mol. The van der Waals surface area contributed by atoms with Crippen LogP contribution >= 0.6 is 0 Å². The zero-order valence-corrected chi connectivity index (χ0v) is 14.9. The van der Waals surface area contributed by atoms with Crippen molar-refractivity contribution in [3.8, 4) is 5.75 Å². The molecule has 1 N–H and O–H groups in total. The molecule has 3 aromatic carbocycles. The fraction of sp³-hybridized carbons (Fsp3) is 0.217.